The summed E-state index contributed by atoms with van der Waals surface area (Å²) in [5.41, 5.74) is 2.78. The number of carbonyl (C=O) groups excluding carboxylic acids is 1. The quantitative estimate of drug-likeness (QED) is 0.459. The van der Waals surface area contributed by atoms with Gasteiger partial charge in [0, 0.05) is 16.4 Å². The third-order valence-electron chi connectivity index (χ3n) is 5.64. The van der Waals surface area contributed by atoms with Crippen molar-refractivity contribution in [2.75, 3.05) is 19.0 Å². The maximum absolute atomic E-state index is 13.7. The highest BCUT2D eigenvalue weighted by atomic mass is 32.2. The summed E-state index contributed by atoms with van der Waals surface area (Å²) in [5.74, 6) is 2.20. The number of nitrogens with one attached hydrogen (secondary N) is 1. The number of rotatable bonds is 6. The zero-order valence-corrected chi connectivity index (χ0v) is 19.1. The van der Waals surface area contributed by atoms with E-state index in [1.165, 1.54) is 0 Å². The lowest BCUT2D eigenvalue weighted by Gasteiger charge is -2.15. The van der Waals surface area contributed by atoms with Gasteiger partial charge in [0.05, 0.1) is 42.2 Å². The number of nitrogens with zero attached hydrogens (tertiary/aromatic N) is 2. The van der Waals surface area contributed by atoms with Crippen molar-refractivity contribution in [3.63, 3.8) is 0 Å². The van der Waals surface area contributed by atoms with Gasteiger partial charge in [-0.3, -0.25) is 9.00 Å². The molecule has 1 atom stereocenters. The molecule has 1 aromatic heterocycles. The predicted octanol–water partition coefficient (Wildman–Crippen LogP) is 4.45. The Morgan fingerprint density at radius 2 is 1.88 bits per heavy atom. The first-order chi connectivity index (χ1) is 16.1. The molecule has 1 N–H and O–H groups in total. The van der Waals surface area contributed by atoms with Crippen LogP contribution in [0.15, 0.2) is 60.7 Å². The maximum atomic E-state index is 13.7. The first-order valence-corrected chi connectivity index (χ1v) is 12.1. The highest BCUT2D eigenvalue weighted by Gasteiger charge is 2.29. The molecule has 1 unspecified atom stereocenters. The van der Waals surface area contributed by atoms with Gasteiger partial charge < -0.3 is 14.8 Å². The molecule has 0 spiro atoms. The molecule has 1 aliphatic heterocycles. The number of fused-ring (bicyclic) bond motifs is 2. The third-order valence-corrected chi connectivity index (χ3v) is 6.84. The number of benzene rings is 3. The van der Waals surface area contributed by atoms with E-state index < -0.39 is 10.8 Å². The average Bonchev–Trinajstić information content (AvgIpc) is 3.35. The molecule has 3 aromatic carbocycles. The summed E-state index contributed by atoms with van der Waals surface area (Å²) < 4.78 is 25.0. The van der Waals surface area contributed by atoms with E-state index in [0.29, 0.717) is 35.2 Å². The highest BCUT2D eigenvalue weighted by molar-refractivity contribution is 7.83. The largest absolute Gasteiger partial charge is 0.497 e. The predicted molar refractivity (Wildman–Crippen MR) is 129 cm³/mol. The third kappa shape index (κ3) is 3.87. The number of carbonyl (C=O) groups is 1. The minimum absolute atomic E-state index is 0.301. The van der Waals surface area contributed by atoms with Crippen LogP contribution in [0.25, 0.3) is 16.5 Å². The first kappa shape index (κ1) is 21.2. The second-order valence-corrected chi connectivity index (χ2v) is 9.12. The molecule has 0 saturated carbocycles. The second kappa shape index (κ2) is 8.71. The molecule has 4 aromatic rings. The van der Waals surface area contributed by atoms with Crippen LogP contribution >= 0.6 is 0 Å². The van der Waals surface area contributed by atoms with Crippen LogP contribution in [0.2, 0.25) is 0 Å². The van der Waals surface area contributed by atoms with Crippen LogP contribution in [0.5, 0.6) is 11.5 Å². The van der Waals surface area contributed by atoms with Gasteiger partial charge in [-0.25, -0.2) is 4.68 Å². The van der Waals surface area contributed by atoms with Crippen molar-refractivity contribution in [3.05, 3.63) is 77.5 Å². The van der Waals surface area contributed by atoms with E-state index >= 15 is 0 Å². The molecule has 168 valence electrons. The van der Waals surface area contributed by atoms with Gasteiger partial charge in [0.1, 0.15) is 17.3 Å². The molecule has 33 heavy (non-hydrogen) atoms. The topological polar surface area (TPSA) is 82.4 Å². The normalized spacial score (nSPS) is 14.8. The number of ether oxygens (including phenoxy) is 2. The lowest BCUT2D eigenvalue weighted by Crippen LogP contribution is -2.18. The summed E-state index contributed by atoms with van der Waals surface area (Å²) in [5, 5.41) is 9.48. The summed E-state index contributed by atoms with van der Waals surface area (Å²) in [7, 11) is 0.581. The van der Waals surface area contributed by atoms with Gasteiger partial charge in [0.15, 0.2) is 0 Å². The van der Waals surface area contributed by atoms with E-state index in [0.717, 1.165) is 33.5 Å². The van der Waals surface area contributed by atoms with Gasteiger partial charge in [0.2, 0.25) is 0 Å². The number of hydrogen-bond acceptors (Lipinski definition) is 5. The monoisotopic (exact) mass is 461 g/mol. The molecule has 0 fully saturated rings. The summed E-state index contributed by atoms with van der Waals surface area (Å²) in [6, 6.07) is 18.9. The van der Waals surface area contributed by atoms with Crippen LogP contribution in [0, 0.1) is 0 Å². The highest BCUT2D eigenvalue weighted by Crippen LogP contribution is 2.34. The molecule has 7 nitrogen and oxygen atoms in total. The number of methoxy groups -OCH3 is 1. The van der Waals surface area contributed by atoms with E-state index in [-0.39, 0.29) is 5.91 Å². The minimum atomic E-state index is -1.03. The second-order valence-electron chi connectivity index (χ2n) is 7.66. The Balaban J connectivity index is 1.60. The molecule has 0 bridgehead atoms. The SMILES string of the molecule is CCOc1ccc2ccccc2c1C(=O)Nc1c2c(nn1-c1ccc(OC)cc1)CS(=O)C2. The Morgan fingerprint density at radius 3 is 2.64 bits per heavy atom. The van der Waals surface area contributed by atoms with E-state index in [1.54, 1.807) is 11.8 Å². The Hall–Kier alpha value is -3.65. The average molecular weight is 462 g/mol. The summed E-state index contributed by atoms with van der Waals surface area (Å²) in [6.07, 6.45) is 0. The van der Waals surface area contributed by atoms with E-state index in [2.05, 4.69) is 10.4 Å². The van der Waals surface area contributed by atoms with Crippen LogP contribution < -0.4 is 14.8 Å². The van der Waals surface area contributed by atoms with Crippen LogP contribution in [0.1, 0.15) is 28.5 Å². The molecule has 5 rings (SSSR count). The Labute approximate surface area is 193 Å². The summed E-state index contributed by atoms with van der Waals surface area (Å²) in [4.78, 5) is 13.7. The van der Waals surface area contributed by atoms with Gasteiger partial charge in [0.25, 0.3) is 5.91 Å². The minimum Gasteiger partial charge on any atom is -0.497 e. The zero-order chi connectivity index (χ0) is 22.9. The maximum Gasteiger partial charge on any atom is 0.261 e. The van der Waals surface area contributed by atoms with Crippen LogP contribution in [-0.2, 0) is 22.3 Å². The Bertz CT molecular complexity index is 1380. The van der Waals surface area contributed by atoms with Crippen molar-refractivity contribution in [2.45, 2.75) is 18.4 Å². The number of anilines is 1. The summed E-state index contributed by atoms with van der Waals surface area (Å²) in [6.45, 7) is 2.33. The van der Waals surface area contributed by atoms with E-state index in [1.807, 2.05) is 67.6 Å². The van der Waals surface area contributed by atoms with Crippen LogP contribution in [0.4, 0.5) is 5.82 Å². The van der Waals surface area contributed by atoms with Crippen molar-refractivity contribution in [1.82, 2.24) is 9.78 Å². The molecule has 0 radical (unpaired) electrons. The van der Waals surface area contributed by atoms with Crippen molar-refractivity contribution in [1.29, 1.82) is 0 Å². The zero-order valence-electron chi connectivity index (χ0n) is 18.3. The fourth-order valence-electron chi connectivity index (χ4n) is 4.10. The molecule has 2 heterocycles. The number of amides is 1. The molecule has 1 aliphatic rings. The first-order valence-electron chi connectivity index (χ1n) is 10.6. The Kier molecular flexibility index (Phi) is 5.60. The van der Waals surface area contributed by atoms with Gasteiger partial charge in [-0.1, -0.05) is 30.3 Å². The lowest BCUT2D eigenvalue weighted by atomic mass is 10.0. The van der Waals surface area contributed by atoms with Crippen molar-refractivity contribution in [2.24, 2.45) is 0 Å². The smallest absolute Gasteiger partial charge is 0.261 e. The lowest BCUT2D eigenvalue weighted by molar-refractivity contribution is 0.102. The fourth-order valence-corrected chi connectivity index (χ4v) is 5.36. The Morgan fingerprint density at radius 1 is 1.09 bits per heavy atom. The molecular formula is C25H23N3O4S. The van der Waals surface area contributed by atoms with Gasteiger partial charge in [-0.2, -0.15) is 5.10 Å². The van der Waals surface area contributed by atoms with Gasteiger partial charge >= 0.3 is 0 Å². The summed E-state index contributed by atoms with van der Waals surface area (Å²) >= 11 is 0. The fraction of sp³-hybridized carbons (Fsp3) is 0.200. The number of hydrogen-bond donors (Lipinski definition) is 1. The number of aromatic nitrogens is 2. The van der Waals surface area contributed by atoms with Crippen molar-refractivity contribution < 1.29 is 18.5 Å². The standard InChI is InChI=1S/C25H23N3O4S/c1-3-32-22-13-8-16-6-4-5-7-19(16)23(22)25(29)26-24-20-14-33(30)15-21(20)27-28(24)17-9-11-18(31-2)12-10-17/h4-13H,3,14-15H2,1-2H3,(H,26,29). The molecule has 1 amide bonds. The van der Waals surface area contributed by atoms with E-state index in [4.69, 9.17) is 9.47 Å². The molecular weight excluding hydrogens is 438 g/mol. The van der Waals surface area contributed by atoms with Crippen molar-refractivity contribution in [3.8, 4) is 17.2 Å². The molecule has 0 aliphatic carbocycles. The molecule has 8 heteroatoms. The van der Waals surface area contributed by atoms with Gasteiger partial charge in [-0.15, -0.1) is 0 Å². The van der Waals surface area contributed by atoms with Gasteiger partial charge in [-0.05, 0) is 48.0 Å². The van der Waals surface area contributed by atoms with E-state index in [9.17, 15) is 9.00 Å². The van der Waals surface area contributed by atoms with Crippen LogP contribution in [0.3, 0.4) is 0 Å². The van der Waals surface area contributed by atoms with Crippen molar-refractivity contribution >= 4 is 33.3 Å². The molecule has 0 saturated heterocycles. The van der Waals surface area contributed by atoms with Crippen LogP contribution in [-0.4, -0.2) is 33.6 Å².